The van der Waals surface area contributed by atoms with Crippen LogP contribution in [0.3, 0.4) is 0 Å². The SMILES string of the molecule is CCCC/C=C\CCCCCCC(CCCCCCCC)C(=O)OCCCCCCCCCCCC. The first-order valence-corrected chi connectivity index (χ1v) is 16.6. The highest BCUT2D eigenvalue weighted by Crippen LogP contribution is 2.21. The van der Waals surface area contributed by atoms with Gasteiger partial charge in [0.25, 0.3) is 0 Å². The summed E-state index contributed by atoms with van der Waals surface area (Å²) < 4.78 is 5.77. The van der Waals surface area contributed by atoms with Crippen LogP contribution < -0.4 is 0 Å². The van der Waals surface area contributed by atoms with E-state index in [2.05, 4.69) is 32.9 Å². The number of ether oxygens (including phenoxy) is 1. The topological polar surface area (TPSA) is 26.3 Å². The Morgan fingerprint density at radius 1 is 0.500 bits per heavy atom. The van der Waals surface area contributed by atoms with Crippen LogP contribution in [0, 0.1) is 5.92 Å². The number of hydrogen-bond acceptors (Lipinski definition) is 2. The van der Waals surface area contributed by atoms with Gasteiger partial charge >= 0.3 is 5.97 Å². The van der Waals surface area contributed by atoms with Crippen molar-refractivity contribution in [3.05, 3.63) is 12.2 Å². The molecule has 36 heavy (non-hydrogen) atoms. The predicted octanol–water partition coefficient (Wildman–Crippen LogP) is 11.9. The van der Waals surface area contributed by atoms with Crippen molar-refractivity contribution in [2.45, 2.75) is 188 Å². The van der Waals surface area contributed by atoms with Gasteiger partial charge < -0.3 is 4.74 Å². The van der Waals surface area contributed by atoms with Gasteiger partial charge in [-0.05, 0) is 38.5 Å². The maximum Gasteiger partial charge on any atom is 0.308 e. The third-order valence-electron chi connectivity index (χ3n) is 7.55. The zero-order chi connectivity index (χ0) is 26.4. The number of rotatable bonds is 29. The Morgan fingerprint density at radius 2 is 0.889 bits per heavy atom. The lowest BCUT2D eigenvalue weighted by atomic mass is 9.94. The normalized spacial score (nSPS) is 12.4. The average molecular weight is 507 g/mol. The van der Waals surface area contributed by atoms with Gasteiger partial charge in [-0.3, -0.25) is 4.79 Å². The van der Waals surface area contributed by atoms with Crippen molar-refractivity contribution in [1.29, 1.82) is 0 Å². The van der Waals surface area contributed by atoms with E-state index in [4.69, 9.17) is 4.74 Å². The Balaban J connectivity index is 4.01. The quantitative estimate of drug-likeness (QED) is 0.0572. The lowest BCUT2D eigenvalue weighted by molar-refractivity contribution is -0.149. The summed E-state index contributed by atoms with van der Waals surface area (Å²) in [5, 5.41) is 0. The molecular formula is C34H66O2. The van der Waals surface area contributed by atoms with E-state index < -0.39 is 0 Å². The molecule has 2 nitrogen and oxygen atoms in total. The fourth-order valence-electron chi connectivity index (χ4n) is 5.00. The summed E-state index contributed by atoms with van der Waals surface area (Å²) in [6.07, 6.45) is 37.7. The number of allylic oxidation sites excluding steroid dienone is 2. The molecule has 2 heteroatoms. The summed E-state index contributed by atoms with van der Waals surface area (Å²) in [5.41, 5.74) is 0. The molecule has 0 aromatic carbocycles. The van der Waals surface area contributed by atoms with Crippen molar-refractivity contribution >= 4 is 5.97 Å². The Kier molecular flexibility index (Phi) is 29.8. The minimum absolute atomic E-state index is 0.0957. The van der Waals surface area contributed by atoms with Crippen molar-refractivity contribution in [3.8, 4) is 0 Å². The Labute approximate surface area is 227 Å². The van der Waals surface area contributed by atoms with E-state index in [0.29, 0.717) is 6.61 Å². The zero-order valence-electron chi connectivity index (χ0n) is 25.1. The summed E-state index contributed by atoms with van der Waals surface area (Å²) in [6.45, 7) is 7.43. The van der Waals surface area contributed by atoms with Gasteiger partial charge in [0.1, 0.15) is 0 Å². The number of carbonyl (C=O) groups is 1. The van der Waals surface area contributed by atoms with Crippen molar-refractivity contribution in [2.24, 2.45) is 5.92 Å². The second-order valence-corrected chi connectivity index (χ2v) is 11.2. The lowest BCUT2D eigenvalue weighted by Crippen LogP contribution is -2.18. The maximum absolute atomic E-state index is 12.8. The predicted molar refractivity (Wildman–Crippen MR) is 161 cm³/mol. The molecule has 1 unspecified atom stereocenters. The molecule has 0 aromatic rings. The molecule has 0 saturated carbocycles. The molecule has 0 aliphatic rings. The van der Waals surface area contributed by atoms with Crippen molar-refractivity contribution < 1.29 is 9.53 Å². The highest BCUT2D eigenvalue weighted by atomic mass is 16.5. The van der Waals surface area contributed by atoms with Crippen LogP contribution in [0.1, 0.15) is 188 Å². The Morgan fingerprint density at radius 3 is 1.39 bits per heavy atom. The molecule has 0 N–H and O–H groups in total. The summed E-state index contributed by atoms with van der Waals surface area (Å²) in [5.74, 6) is 0.228. The van der Waals surface area contributed by atoms with Crippen molar-refractivity contribution in [1.82, 2.24) is 0 Å². The number of esters is 1. The maximum atomic E-state index is 12.8. The van der Waals surface area contributed by atoms with Crippen LogP contribution in [0.4, 0.5) is 0 Å². The Hall–Kier alpha value is -0.790. The van der Waals surface area contributed by atoms with E-state index in [1.807, 2.05) is 0 Å². The standard InChI is InChI=1S/C34H66O2/c1-4-7-10-13-16-18-20-22-25-28-31-33(30-27-24-15-12-9-6-3)34(35)36-32-29-26-23-21-19-17-14-11-8-5-2/h13,16,33H,4-12,14-15,17-32H2,1-3H3/b16-13-. The number of carbonyl (C=O) groups excluding carboxylic acids is 1. The second kappa shape index (κ2) is 30.4. The van der Waals surface area contributed by atoms with Gasteiger partial charge in [-0.25, -0.2) is 0 Å². The molecule has 0 spiro atoms. The van der Waals surface area contributed by atoms with Gasteiger partial charge in [0, 0.05) is 0 Å². The third-order valence-corrected chi connectivity index (χ3v) is 7.55. The van der Waals surface area contributed by atoms with E-state index >= 15 is 0 Å². The van der Waals surface area contributed by atoms with Crippen molar-refractivity contribution in [3.63, 3.8) is 0 Å². The molecule has 0 aliphatic heterocycles. The van der Waals surface area contributed by atoms with E-state index in [-0.39, 0.29) is 11.9 Å². The average Bonchev–Trinajstić information content (AvgIpc) is 2.89. The minimum Gasteiger partial charge on any atom is -0.465 e. The lowest BCUT2D eigenvalue weighted by Gasteiger charge is -2.16. The number of unbranched alkanes of at least 4 members (excludes halogenated alkanes) is 20. The molecule has 0 radical (unpaired) electrons. The molecule has 0 heterocycles. The molecule has 0 amide bonds. The summed E-state index contributed by atoms with van der Waals surface area (Å²) in [4.78, 5) is 12.8. The van der Waals surface area contributed by atoms with Crippen LogP contribution in [0.15, 0.2) is 12.2 Å². The molecule has 0 rings (SSSR count). The first-order chi connectivity index (χ1) is 17.8. The minimum atomic E-state index is 0.0957. The second-order valence-electron chi connectivity index (χ2n) is 11.2. The van der Waals surface area contributed by atoms with Gasteiger partial charge in [-0.2, -0.15) is 0 Å². The first-order valence-electron chi connectivity index (χ1n) is 16.6. The van der Waals surface area contributed by atoms with Crippen LogP contribution in [-0.2, 0) is 9.53 Å². The first kappa shape index (κ1) is 35.2. The van der Waals surface area contributed by atoms with Gasteiger partial charge in [0.05, 0.1) is 12.5 Å². The monoisotopic (exact) mass is 507 g/mol. The molecule has 0 saturated heterocycles. The smallest absolute Gasteiger partial charge is 0.308 e. The van der Waals surface area contributed by atoms with Crippen LogP contribution >= 0.6 is 0 Å². The fourth-order valence-corrected chi connectivity index (χ4v) is 5.00. The van der Waals surface area contributed by atoms with Gasteiger partial charge in [-0.1, -0.05) is 161 Å². The molecule has 0 aromatic heterocycles. The van der Waals surface area contributed by atoms with E-state index in [1.165, 1.54) is 148 Å². The summed E-state index contributed by atoms with van der Waals surface area (Å²) >= 11 is 0. The van der Waals surface area contributed by atoms with Crippen LogP contribution in [0.25, 0.3) is 0 Å². The number of hydrogen-bond donors (Lipinski definition) is 0. The van der Waals surface area contributed by atoms with E-state index in [0.717, 1.165) is 19.3 Å². The van der Waals surface area contributed by atoms with Crippen LogP contribution in [0.5, 0.6) is 0 Å². The van der Waals surface area contributed by atoms with Gasteiger partial charge in [0.2, 0.25) is 0 Å². The Bertz CT molecular complexity index is 456. The molecular weight excluding hydrogens is 440 g/mol. The summed E-state index contributed by atoms with van der Waals surface area (Å²) in [6, 6.07) is 0. The highest BCUT2D eigenvalue weighted by molar-refractivity contribution is 5.72. The molecule has 0 aliphatic carbocycles. The van der Waals surface area contributed by atoms with Crippen LogP contribution in [-0.4, -0.2) is 12.6 Å². The highest BCUT2D eigenvalue weighted by Gasteiger charge is 2.19. The van der Waals surface area contributed by atoms with E-state index in [9.17, 15) is 4.79 Å². The zero-order valence-corrected chi connectivity index (χ0v) is 25.1. The van der Waals surface area contributed by atoms with E-state index in [1.54, 1.807) is 0 Å². The van der Waals surface area contributed by atoms with Gasteiger partial charge in [-0.15, -0.1) is 0 Å². The van der Waals surface area contributed by atoms with Crippen molar-refractivity contribution in [2.75, 3.05) is 6.61 Å². The molecule has 214 valence electrons. The van der Waals surface area contributed by atoms with Crippen LogP contribution in [0.2, 0.25) is 0 Å². The third kappa shape index (κ3) is 26.3. The van der Waals surface area contributed by atoms with Gasteiger partial charge in [0.15, 0.2) is 0 Å². The summed E-state index contributed by atoms with van der Waals surface area (Å²) in [7, 11) is 0. The largest absolute Gasteiger partial charge is 0.465 e. The molecule has 0 bridgehead atoms. The molecule has 0 fully saturated rings. The fraction of sp³-hybridized carbons (Fsp3) is 0.912. The molecule has 1 atom stereocenters.